The highest BCUT2D eigenvalue weighted by molar-refractivity contribution is 7.96. The van der Waals surface area contributed by atoms with Crippen LogP contribution < -0.4 is 0 Å². The molecule has 3 aliphatic heterocycles. The van der Waals surface area contributed by atoms with Crippen LogP contribution in [0.1, 0.15) is 0 Å². The summed E-state index contributed by atoms with van der Waals surface area (Å²) < 4.78 is 5.65. The number of likely N-dealkylation sites (N-methyl/N-ethyl adjacent to an activating group) is 1. The van der Waals surface area contributed by atoms with E-state index in [4.69, 9.17) is 4.74 Å². The highest BCUT2D eigenvalue weighted by atomic mass is 32.1. The van der Waals surface area contributed by atoms with Gasteiger partial charge in [0.1, 0.15) is 0 Å². The molecule has 0 radical (unpaired) electrons. The van der Waals surface area contributed by atoms with Gasteiger partial charge in [-0.1, -0.05) is 12.2 Å². The first kappa shape index (κ1) is 13.1. The molecule has 6 heteroatoms. The average Bonchev–Trinajstić information content (AvgIpc) is 2.98. The molecule has 4 atom stereocenters. The van der Waals surface area contributed by atoms with E-state index >= 15 is 0 Å². The van der Waals surface area contributed by atoms with E-state index in [9.17, 15) is 9.59 Å². The van der Waals surface area contributed by atoms with E-state index in [2.05, 4.69) is 17.5 Å². The van der Waals surface area contributed by atoms with Crippen molar-refractivity contribution in [2.45, 2.75) is 12.2 Å². The second-order valence-corrected chi connectivity index (χ2v) is 5.91. The van der Waals surface area contributed by atoms with Crippen LogP contribution in [0.3, 0.4) is 0 Å². The van der Waals surface area contributed by atoms with Crippen molar-refractivity contribution in [1.82, 2.24) is 9.80 Å². The highest BCUT2D eigenvalue weighted by Gasteiger charge is 2.53. The summed E-state index contributed by atoms with van der Waals surface area (Å²) in [7, 11) is 2.05. The molecule has 19 heavy (non-hydrogen) atoms. The maximum absolute atomic E-state index is 12.6. The molecule has 2 saturated heterocycles. The molecule has 3 heterocycles. The zero-order valence-corrected chi connectivity index (χ0v) is 11.8. The van der Waals surface area contributed by atoms with Gasteiger partial charge in [-0.15, -0.1) is 12.6 Å². The zero-order valence-electron chi connectivity index (χ0n) is 10.9. The Hall–Kier alpha value is -0.850. The van der Waals surface area contributed by atoms with Gasteiger partial charge in [0, 0.05) is 26.2 Å². The van der Waals surface area contributed by atoms with E-state index in [1.54, 1.807) is 0 Å². The molecule has 2 unspecified atom stereocenters. The number of rotatable bonds is 2. The van der Waals surface area contributed by atoms with E-state index in [-0.39, 0.29) is 29.1 Å². The average molecular weight is 282 g/mol. The maximum Gasteiger partial charge on any atom is 0.229 e. The molecule has 0 aromatic heterocycles. The number of fused-ring (bicyclic) bond motifs is 2. The molecule has 0 aromatic rings. The summed E-state index contributed by atoms with van der Waals surface area (Å²) in [4.78, 5) is 28.3. The first-order chi connectivity index (χ1) is 9.08. The van der Waals surface area contributed by atoms with Crippen molar-refractivity contribution >= 4 is 23.7 Å². The summed E-state index contributed by atoms with van der Waals surface area (Å²) in [6, 6.07) is 0. The van der Waals surface area contributed by atoms with Crippen molar-refractivity contribution in [2.75, 3.05) is 33.2 Å². The molecular formula is C13H18N2O3S. The molecule has 104 valence electrons. The van der Waals surface area contributed by atoms with E-state index in [0.717, 1.165) is 26.2 Å². The molecule has 0 aromatic carbocycles. The Morgan fingerprint density at radius 2 is 1.68 bits per heavy atom. The van der Waals surface area contributed by atoms with Crippen molar-refractivity contribution in [3.8, 4) is 0 Å². The molecule has 1 amide bonds. The lowest BCUT2D eigenvalue weighted by Gasteiger charge is -2.35. The fourth-order valence-corrected chi connectivity index (χ4v) is 3.44. The molecule has 3 aliphatic rings. The van der Waals surface area contributed by atoms with Gasteiger partial charge in [0.05, 0.1) is 24.0 Å². The number of nitrogens with zero attached hydrogens (tertiary/aromatic N) is 2. The topological polar surface area (TPSA) is 49.9 Å². The summed E-state index contributed by atoms with van der Waals surface area (Å²) in [5, 5.41) is -0.246. The summed E-state index contributed by atoms with van der Waals surface area (Å²) in [6.07, 6.45) is 3.25. The number of carbonyl (C=O) groups excluding carboxylic acids is 2. The quantitative estimate of drug-likeness (QED) is 0.562. The van der Waals surface area contributed by atoms with Gasteiger partial charge in [-0.25, -0.2) is 0 Å². The van der Waals surface area contributed by atoms with Crippen LogP contribution in [0.2, 0.25) is 0 Å². The number of hydrogen-bond acceptors (Lipinski definition) is 4. The third kappa shape index (κ3) is 2.22. The Kier molecular flexibility index (Phi) is 3.41. The van der Waals surface area contributed by atoms with Crippen molar-refractivity contribution in [2.24, 2.45) is 11.8 Å². The molecular weight excluding hydrogens is 264 g/mol. The van der Waals surface area contributed by atoms with E-state index in [0.29, 0.717) is 0 Å². The van der Waals surface area contributed by atoms with Crippen molar-refractivity contribution in [3.05, 3.63) is 12.2 Å². The fourth-order valence-electron chi connectivity index (χ4n) is 3.13. The molecule has 3 rings (SSSR count). The van der Waals surface area contributed by atoms with Crippen LogP contribution in [-0.4, -0.2) is 66.3 Å². The van der Waals surface area contributed by atoms with Gasteiger partial charge in [0.25, 0.3) is 0 Å². The maximum atomic E-state index is 12.6. The summed E-state index contributed by atoms with van der Waals surface area (Å²) in [5.41, 5.74) is 0. The van der Waals surface area contributed by atoms with Gasteiger partial charge in [-0.05, 0) is 7.05 Å². The van der Waals surface area contributed by atoms with Crippen LogP contribution >= 0.6 is 12.6 Å². The Bertz CT molecular complexity index is 432. The second kappa shape index (κ2) is 4.92. The minimum absolute atomic E-state index is 0.0392. The monoisotopic (exact) mass is 282 g/mol. The van der Waals surface area contributed by atoms with Gasteiger partial charge in [0.15, 0.2) is 5.12 Å². The van der Waals surface area contributed by atoms with Crippen LogP contribution in [0.15, 0.2) is 12.2 Å². The van der Waals surface area contributed by atoms with Crippen molar-refractivity contribution in [1.29, 1.82) is 0 Å². The summed E-state index contributed by atoms with van der Waals surface area (Å²) in [6.45, 7) is 3.20. The predicted molar refractivity (Wildman–Crippen MR) is 72.9 cm³/mol. The SMILES string of the molecule is CN1CCN(C(=O)C2C(C(=O)S)[C@H]3C=C[C@@H]2O3)CC1. The van der Waals surface area contributed by atoms with Gasteiger partial charge in [-0.2, -0.15) is 0 Å². The zero-order chi connectivity index (χ0) is 13.6. The number of amides is 1. The summed E-state index contributed by atoms with van der Waals surface area (Å²) >= 11 is 3.93. The molecule has 0 N–H and O–H groups in total. The highest BCUT2D eigenvalue weighted by Crippen LogP contribution is 2.41. The van der Waals surface area contributed by atoms with Crippen LogP contribution in [0, 0.1) is 11.8 Å². The number of ether oxygens (including phenoxy) is 1. The van der Waals surface area contributed by atoms with E-state index in [1.165, 1.54) is 0 Å². The Morgan fingerprint density at radius 3 is 2.26 bits per heavy atom. The van der Waals surface area contributed by atoms with Gasteiger partial charge in [-0.3, -0.25) is 9.59 Å². The minimum atomic E-state index is -0.425. The number of carbonyl (C=O) groups is 2. The van der Waals surface area contributed by atoms with Crippen LogP contribution in [0.25, 0.3) is 0 Å². The smallest absolute Gasteiger partial charge is 0.229 e. The lowest BCUT2D eigenvalue weighted by molar-refractivity contribution is -0.140. The third-order valence-corrected chi connectivity index (χ3v) is 4.58. The van der Waals surface area contributed by atoms with Gasteiger partial charge in [0.2, 0.25) is 5.91 Å². The second-order valence-electron chi connectivity index (χ2n) is 5.47. The van der Waals surface area contributed by atoms with Crippen molar-refractivity contribution < 1.29 is 14.3 Å². The Balaban J connectivity index is 1.75. The fraction of sp³-hybridized carbons (Fsp3) is 0.692. The lowest BCUT2D eigenvalue weighted by atomic mass is 9.82. The standard InChI is InChI=1S/C13H18N2O3S/c1-14-4-6-15(7-5-14)12(16)10-8-2-3-9(18-8)11(10)13(17)19/h2-3,8-11H,4-7H2,1H3,(H,17,19)/t8-,9+,10?,11?/m0/s1. The number of hydrogen-bond donors (Lipinski definition) is 1. The Labute approximate surface area is 118 Å². The first-order valence-electron chi connectivity index (χ1n) is 6.62. The van der Waals surface area contributed by atoms with Crippen LogP contribution in [0.4, 0.5) is 0 Å². The minimum Gasteiger partial charge on any atom is -0.365 e. The Morgan fingerprint density at radius 1 is 1.11 bits per heavy atom. The van der Waals surface area contributed by atoms with Gasteiger partial charge >= 0.3 is 0 Å². The largest absolute Gasteiger partial charge is 0.365 e. The first-order valence-corrected chi connectivity index (χ1v) is 7.06. The predicted octanol–water partition coefficient (Wildman–Crippen LogP) is -0.214. The summed E-state index contributed by atoms with van der Waals surface area (Å²) in [5.74, 6) is -0.772. The van der Waals surface area contributed by atoms with Crippen LogP contribution in [0.5, 0.6) is 0 Å². The molecule has 2 fully saturated rings. The molecule has 2 bridgehead atoms. The lowest BCUT2D eigenvalue weighted by Crippen LogP contribution is -2.51. The van der Waals surface area contributed by atoms with Gasteiger partial charge < -0.3 is 14.5 Å². The third-order valence-electron chi connectivity index (χ3n) is 4.28. The number of piperazine rings is 1. The van der Waals surface area contributed by atoms with Crippen LogP contribution in [-0.2, 0) is 14.3 Å². The van der Waals surface area contributed by atoms with E-state index in [1.807, 2.05) is 24.1 Å². The molecule has 0 saturated carbocycles. The molecule has 0 spiro atoms. The normalized spacial score (nSPS) is 37.9. The van der Waals surface area contributed by atoms with Crippen molar-refractivity contribution in [3.63, 3.8) is 0 Å². The molecule has 0 aliphatic carbocycles. The number of thiol groups is 1. The van der Waals surface area contributed by atoms with E-state index < -0.39 is 5.92 Å². The molecule has 5 nitrogen and oxygen atoms in total.